The fourth-order valence-corrected chi connectivity index (χ4v) is 3.02. The van der Waals surface area contributed by atoms with E-state index >= 15 is 0 Å². The van der Waals surface area contributed by atoms with Crippen molar-refractivity contribution in [3.05, 3.63) is 30.6 Å². The van der Waals surface area contributed by atoms with E-state index in [9.17, 15) is 4.79 Å². The molecular formula is C17H22N4O. The molecule has 116 valence electrons. The number of aromatic nitrogens is 2. The molecule has 1 aromatic carbocycles. The Balaban J connectivity index is 1.80. The lowest BCUT2D eigenvalue weighted by Gasteiger charge is -2.33. The largest absolute Gasteiger partial charge is 0.356 e. The maximum Gasteiger partial charge on any atom is 0.224 e. The lowest BCUT2D eigenvalue weighted by Crippen LogP contribution is -2.43. The Hall–Kier alpha value is -2.17. The Morgan fingerprint density at radius 1 is 1.36 bits per heavy atom. The van der Waals surface area contributed by atoms with Crippen LogP contribution >= 0.6 is 0 Å². The third-order valence-corrected chi connectivity index (χ3v) is 4.16. The van der Waals surface area contributed by atoms with E-state index in [4.69, 9.17) is 0 Å². The van der Waals surface area contributed by atoms with Crippen molar-refractivity contribution in [1.82, 2.24) is 15.3 Å². The van der Waals surface area contributed by atoms with Crippen molar-refractivity contribution in [2.45, 2.75) is 26.2 Å². The van der Waals surface area contributed by atoms with Gasteiger partial charge in [0.2, 0.25) is 5.91 Å². The van der Waals surface area contributed by atoms with Crippen LogP contribution in [0, 0.1) is 5.92 Å². The standard InChI is InChI=1S/C17H22N4O/c1-2-9-18-17(22)13-6-5-10-21(11-13)16-14-7-3-4-8-15(14)19-12-20-16/h3-4,7-8,12-13H,2,5-6,9-11H2,1H3,(H,18,22). The Morgan fingerprint density at radius 2 is 2.23 bits per heavy atom. The fourth-order valence-electron chi connectivity index (χ4n) is 3.02. The van der Waals surface area contributed by atoms with Crippen LogP contribution in [-0.4, -0.2) is 35.5 Å². The van der Waals surface area contributed by atoms with E-state index in [1.165, 1.54) is 0 Å². The highest BCUT2D eigenvalue weighted by molar-refractivity contribution is 5.89. The van der Waals surface area contributed by atoms with E-state index < -0.39 is 0 Å². The molecule has 1 N–H and O–H groups in total. The zero-order valence-electron chi connectivity index (χ0n) is 13.0. The highest BCUT2D eigenvalue weighted by atomic mass is 16.1. The van der Waals surface area contributed by atoms with Gasteiger partial charge in [0.25, 0.3) is 0 Å². The topological polar surface area (TPSA) is 58.1 Å². The van der Waals surface area contributed by atoms with Crippen molar-refractivity contribution < 1.29 is 4.79 Å². The first-order chi connectivity index (χ1) is 10.8. The smallest absolute Gasteiger partial charge is 0.224 e. The first-order valence-corrected chi connectivity index (χ1v) is 8.02. The van der Waals surface area contributed by atoms with Crippen molar-refractivity contribution in [1.29, 1.82) is 0 Å². The first-order valence-electron chi connectivity index (χ1n) is 8.02. The monoisotopic (exact) mass is 298 g/mol. The molecule has 3 rings (SSSR count). The molecule has 2 aromatic rings. The third-order valence-electron chi connectivity index (χ3n) is 4.16. The van der Waals surface area contributed by atoms with E-state index in [2.05, 4.69) is 27.1 Å². The van der Waals surface area contributed by atoms with E-state index in [-0.39, 0.29) is 11.8 Å². The minimum absolute atomic E-state index is 0.0500. The summed E-state index contributed by atoms with van der Waals surface area (Å²) in [5, 5.41) is 4.07. The molecule has 0 bridgehead atoms. The minimum Gasteiger partial charge on any atom is -0.356 e. The zero-order chi connectivity index (χ0) is 15.4. The van der Waals surface area contributed by atoms with Crippen molar-refractivity contribution in [3.8, 4) is 0 Å². The van der Waals surface area contributed by atoms with Crippen molar-refractivity contribution in [2.24, 2.45) is 5.92 Å². The van der Waals surface area contributed by atoms with E-state index in [1.54, 1.807) is 6.33 Å². The maximum atomic E-state index is 12.2. The summed E-state index contributed by atoms with van der Waals surface area (Å²) in [6, 6.07) is 8.03. The summed E-state index contributed by atoms with van der Waals surface area (Å²) in [5.74, 6) is 1.16. The number of rotatable bonds is 4. The first kappa shape index (κ1) is 14.8. The number of fused-ring (bicyclic) bond motifs is 1. The van der Waals surface area contributed by atoms with Crippen LogP contribution in [0.4, 0.5) is 5.82 Å². The molecule has 2 heterocycles. The van der Waals surface area contributed by atoms with Crippen LogP contribution in [0.15, 0.2) is 30.6 Å². The highest BCUT2D eigenvalue weighted by Crippen LogP contribution is 2.27. The number of nitrogens with zero attached hydrogens (tertiary/aromatic N) is 3. The molecule has 5 heteroatoms. The molecular weight excluding hydrogens is 276 g/mol. The molecule has 5 nitrogen and oxygen atoms in total. The molecule has 1 amide bonds. The molecule has 1 fully saturated rings. The van der Waals surface area contributed by atoms with Crippen LogP contribution in [0.25, 0.3) is 10.9 Å². The van der Waals surface area contributed by atoms with Gasteiger partial charge in [-0.05, 0) is 31.4 Å². The lowest BCUT2D eigenvalue weighted by atomic mass is 9.97. The Kier molecular flexibility index (Phi) is 4.51. The van der Waals surface area contributed by atoms with Gasteiger partial charge in [0.15, 0.2) is 0 Å². The van der Waals surface area contributed by atoms with E-state index in [0.29, 0.717) is 0 Å². The minimum atomic E-state index is 0.0500. The molecule has 1 aliphatic heterocycles. The molecule has 22 heavy (non-hydrogen) atoms. The van der Waals surface area contributed by atoms with Crippen LogP contribution in [0.1, 0.15) is 26.2 Å². The van der Waals surface area contributed by atoms with Gasteiger partial charge in [-0.3, -0.25) is 4.79 Å². The van der Waals surface area contributed by atoms with Gasteiger partial charge in [-0.1, -0.05) is 19.1 Å². The Bertz CT molecular complexity index is 653. The van der Waals surface area contributed by atoms with Gasteiger partial charge in [0, 0.05) is 25.0 Å². The van der Waals surface area contributed by atoms with Gasteiger partial charge in [-0.2, -0.15) is 0 Å². The Morgan fingerprint density at radius 3 is 3.09 bits per heavy atom. The predicted octanol–water partition coefficient (Wildman–Crippen LogP) is 2.37. The summed E-state index contributed by atoms with van der Waals surface area (Å²) in [6.07, 6.45) is 4.55. The second-order valence-electron chi connectivity index (χ2n) is 5.79. The van der Waals surface area contributed by atoms with Crippen molar-refractivity contribution in [3.63, 3.8) is 0 Å². The highest BCUT2D eigenvalue weighted by Gasteiger charge is 2.27. The van der Waals surface area contributed by atoms with E-state index in [1.807, 2.05) is 24.3 Å². The molecule has 1 aliphatic rings. The SMILES string of the molecule is CCCNC(=O)C1CCCN(c2ncnc3ccccc23)C1. The van der Waals surface area contributed by atoms with Crippen molar-refractivity contribution >= 4 is 22.6 Å². The number of nitrogens with one attached hydrogen (secondary N) is 1. The van der Waals surface area contributed by atoms with Crippen LogP contribution < -0.4 is 10.2 Å². The second-order valence-corrected chi connectivity index (χ2v) is 5.79. The summed E-state index contributed by atoms with van der Waals surface area (Å²) in [5.41, 5.74) is 0.949. The van der Waals surface area contributed by atoms with Gasteiger partial charge in [0.1, 0.15) is 12.1 Å². The van der Waals surface area contributed by atoms with Gasteiger partial charge in [-0.25, -0.2) is 9.97 Å². The molecule has 1 unspecified atom stereocenters. The fraction of sp³-hybridized carbons (Fsp3) is 0.471. The maximum absolute atomic E-state index is 12.2. The number of amides is 1. The zero-order valence-corrected chi connectivity index (χ0v) is 13.0. The molecule has 0 spiro atoms. The summed E-state index contributed by atoms with van der Waals surface area (Å²) >= 11 is 0. The summed E-state index contributed by atoms with van der Waals surface area (Å²) in [7, 11) is 0. The Labute approximate surface area is 130 Å². The third kappa shape index (κ3) is 3.03. The van der Waals surface area contributed by atoms with Gasteiger partial charge < -0.3 is 10.2 Å². The number of para-hydroxylation sites is 1. The molecule has 0 saturated carbocycles. The average Bonchev–Trinajstić information content (AvgIpc) is 2.59. The number of anilines is 1. The quantitative estimate of drug-likeness (QED) is 0.941. The van der Waals surface area contributed by atoms with Gasteiger partial charge in [-0.15, -0.1) is 0 Å². The summed E-state index contributed by atoms with van der Waals surface area (Å²) in [4.78, 5) is 23.2. The molecule has 0 aliphatic carbocycles. The molecule has 0 radical (unpaired) electrons. The second kappa shape index (κ2) is 6.73. The predicted molar refractivity (Wildman–Crippen MR) is 87.8 cm³/mol. The number of hydrogen-bond acceptors (Lipinski definition) is 4. The van der Waals surface area contributed by atoms with Crippen LogP contribution in [-0.2, 0) is 4.79 Å². The number of hydrogen-bond donors (Lipinski definition) is 1. The van der Waals surface area contributed by atoms with Crippen LogP contribution in [0.5, 0.6) is 0 Å². The van der Waals surface area contributed by atoms with Crippen LogP contribution in [0.2, 0.25) is 0 Å². The molecule has 1 atom stereocenters. The summed E-state index contributed by atoms with van der Waals surface area (Å²) in [6.45, 7) is 4.50. The van der Waals surface area contributed by atoms with Crippen molar-refractivity contribution in [2.75, 3.05) is 24.5 Å². The lowest BCUT2D eigenvalue weighted by molar-refractivity contribution is -0.125. The normalized spacial score (nSPS) is 18.4. The average molecular weight is 298 g/mol. The van der Waals surface area contributed by atoms with Gasteiger partial charge >= 0.3 is 0 Å². The number of benzene rings is 1. The number of piperidine rings is 1. The molecule has 1 saturated heterocycles. The van der Waals surface area contributed by atoms with E-state index in [0.717, 1.165) is 55.6 Å². The van der Waals surface area contributed by atoms with Crippen LogP contribution in [0.3, 0.4) is 0 Å². The molecule has 1 aromatic heterocycles. The van der Waals surface area contributed by atoms with Gasteiger partial charge in [0.05, 0.1) is 11.4 Å². The summed E-state index contributed by atoms with van der Waals surface area (Å²) < 4.78 is 0. The number of carbonyl (C=O) groups is 1. The number of carbonyl (C=O) groups excluding carboxylic acids is 1.